The molecule has 1 aliphatic rings. The molecule has 180 valence electrons. The minimum Gasteiger partial charge on any atom is -0.430 e. The van der Waals surface area contributed by atoms with Gasteiger partial charge in [0, 0.05) is 51.7 Å². The normalized spacial score (nSPS) is 19.2. The van der Waals surface area contributed by atoms with Crippen LogP contribution in [0.15, 0.2) is 91.3 Å². The smallest absolute Gasteiger partial charge is 0.418 e. The Labute approximate surface area is 208 Å². The second-order valence-corrected chi connectivity index (χ2v) is 9.81. The van der Waals surface area contributed by atoms with Crippen molar-refractivity contribution in [2.24, 2.45) is 0 Å². The van der Waals surface area contributed by atoms with E-state index in [4.69, 9.17) is 4.74 Å². The van der Waals surface area contributed by atoms with E-state index in [1.165, 1.54) is 4.90 Å². The van der Waals surface area contributed by atoms with Crippen LogP contribution in [-0.2, 0) is 21.6 Å². The Morgan fingerprint density at radius 3 is 2.19 bits per heavy atom. The summed E-state index contributed by atoms with van der Waals surface area (Å²) in [6.07, 6.45) is 3.92. The van der Waals surface area contributed by atoms with E-state index in [1.807, 2.05) is 105 Å². The average Bonchev–Trinajstić information content (AvgIpc) is 3.56. The molecule has 1 fully saturated rings. The predicted molar refractivity (Wildman–Crippen MR) is 140 cm³/mol. The molecule has 6 rings (SSSR count). The molecule has 0 bridgehead atoms. The summed E-state index contributed by atoms with van der Waals surface area (Å²) < 4.78 is 6.28. The van der Waals surface area contributed by atoms with E-state index in [2.05, 4.69) is 9.97 Å². The standard InChI is InChI=1S/C30H27N3O3/c1-29(2)30(21-10-4-3-5-11-21,24-19-32-26-15-9-7-13-23(24)26)36-28(35)33(29)27(34)17-16-20-18-31-25-14-8-6-12-22(20)25/h3-15,18-19,31-32H,16-17H2,1-2H3/t30-/m1/s1. The number of H-pyrrole nitrogens is 2. The Hall–Kier alpha value is -4.32. The first-order valence-corrected chi connectivity index (χ1v) is 12.2. The molecule has 6 heteroatoms. The number of para-hydroxylation sites is 2. The number of carbonyl (C=O) groups excluding carboxylic acids is 2. The third kappa shape index (κ3) is 3.10. The molecule has 2 N–H and O–H groups in total. The summed E-state index contributed by atoms with van der Waals surface area (Å²) in [5, 5.41) is 2.04. The van der Waals surface area contributed by atoms with Crippen LogP contribution in [0.4, 0.5) is 4.79 Å². The number of aromatic amines is 2. The maximum Gasteiger partial charge on any atom is 0.418 e. The summed E-state index contributed by atoms with van der Waals surface area (Å²) in [5.41, 5.74) is 2.50. The second-order valence-electron chi connectivity index (χ2n) is 9.81. The lowest BCUT2D eigenvalue weighted by molar-refractivity contribution is -0.132. The van der Waals surface area contributed by atoms with Crippen molar-refractivity contribution in [1.82, 2.24) is 14.9 Å². The fourth-order valence-corrected chi connectivity index (χ4v) is 5.78. The van der Waals surface area contributed by atoms with Crippen molar-refractivity contribution >= 4 is 33.8 Å². The fraction of sp³-hybridized carbons (Fsp3) is 0.200. The highest BCUT2D eigenvalue weighted by Gasteiger charge is 2.64. The van der Waals surface area contributed by atoms with Crippen LogP contribution in [0, 0.1) is 0 Å². The van der Waals surface area contributed by atoms with Gasteiger partial charge in [0.1, 0.15) is 0 Å². The number of fused-ring (bicyclic) bond motifs is 2. The Bertz CT molecular complexity index is 1600. The molecule has 2 aromatic heterocycles. The highest BCUT2D eigenvalue weighted by Crippen LogP contribution is 2.52. The zero-order valence-corrected chi connectivity index (χ0v) is 20.2. The van der Waals surface area contributed by atoms with Crippen LogP contribution < -0.4 is 0 Å². The monoisotopic (exact) mass is 477 g/mol. The minimum atomic E-state index is -1.18. The zero-order valence-electron chi connectivity index (χ0n) is 20.2. The first kappa shape index (κ1) is 22.2. The molecule has 0 spiro atoms. The van der Waals surface area contributed by atoms with Gasteiger partial charge in [0.25, 0.3) is 0 Å². The molecular formula is C30H27N3O3. The fourth-order valence-electron chi connectivity index (χ4n) is 5.78. The average molecular weight is 478 g/mol. The number of nitrogens with zero attached hydrogens (tertiary/aromatic N) is 1. The van der Waals surface area contributed by atoms with E-state index in [-0.39, 0.29) is 12.3 Å². The summed E-state index contributed by atoms with van der Waals surface area (Å²) in [6.45, 7) is 3.83. The lowest BCUT2D eigenvalue weighted by atomic mass is 9.72. The number of aryl methyl sites for hydroxylation is 1. The highest BCUT2D eigenvalue weighted by molar-refractivity contribution is 5.97. The topological polar surface area (TPSA) is 78.2 Å². The number of carbonyl (C=O) groups is 2. The number of benzene rings is 3. The van der Waals surface area contributed by atoms with Crippen molar-refractivity contribution in [2.75, 3.05) is 0 Å². The second kappa shape index (κ2) is 8.12. The number of ether oxygens (including phenoxy) is 1. The molecule has 3 aromatic carbocycles. The van der Waals surface area contributed by atoms with Gasteiger partial charge in [0.15, 0.2) is 5.60 Å². The predicted octanol–water partition coefficient (Wildman–Crippen LogP) is 6.28. The molecule has 1 atom stereocenters. The maximum atomic E-state index is 13.7. The molecule has 2 amide bonds. The first-order chi connectivity index (χ1) is 17.4. The van der Waals surface area contributed by atoms with Gasteiger partial charge in [0.2, 0.25) is 5.91 Å². The molecule has 0 saturated carbocycles. The zero-order chi connectivity index (χ0) is 24.9. The van der Waals surface area contributed by atoms with Crippen molar-refractivity contribution in [3.8, 4) is 0 Å². The Morgan fingerprint density at radius 1 is 0.833 bits per heavy atom. The molecule has 0 aliphatic carbocycles. The molecule has 3 heterocycles. The number of aromatic nitrogens is 2. The lowest BCUT2D eigenvalue weighted by Gasteiger charge is -2.41. The van der Waals surface area contributed by atoms with Crippen LogP contribution in [-0.4, -0.2) is 32.4 Å². The molecular weight excluding hydrogens is 450 g/mol. The van der Waals surface area contributed by atoms with Gasteiger partial charge in [-0.25, -0.2) is 9.69 Å². The van der Waals surface area contributed by atoms with Crippen LogP contribution in [0.3, 0.4) is 0 Å². The van der Waals surface area contributed by atoms with Crippen molar-refractivity contribution < 1.29 is 14.3 Å². The number of nitrogens with one attached hydrogen (secondary N) is 2. The van der Waals surface area contributed by atoms with Crippen molar-refractivity contribution in [2.45, 2.75) is 37.8 Å². The van der Waals surface area contributed by atoms with E-state index >= 15 is 0 Å². The van der Waals surface area contributed by atoms with E-state index in [1.54, 1.807) is 0 Å². The number of hydrogen-bond donors (Lipinski definition) is 2. The van der Waals surface area contributed by atoms with E-state index in [0.717, 1.165) is 38.5 Å². The van der Waals surface area contributed by atoms with Gasteiger partial charge in [0.05, 0.1) is 5.54 Å². The first-order valence-electron chi connectivity index (χ1n) is 12.2. The highest BCUT2D eigenvalue weighted by atomic mass is 16.6. The summed E-state index contributed by atoms with van der Waals surface area (Å²) in [4.78, 5) is 35.0. The largest absolute Gasteiger partial charge is 0.430 e. The van der Waals surface area contributed by atoms with Gasteiger partial charge in [-0.15, -0.1) is 0 Å². The van der Waals surface area contributed by atoms with E-state index in [0.29, 0.717) is 6.42 Å². The summed E-state index contributed by atoms with van der Waals surface area (Å²) in [7, 11) is 0. The van der Waals surface area contributed by atoms with Gasteiger partial charge >= 0.3 is 6.09 Å². The lowest BCUT2D eigenvalue weighted by Crippen LogP contribution is -2.55. The Morgan fingerprint density at radius 2 is 1.44 bits per heavy atom. The summed E-state index contributed by atoms with van der Waals surface area (Å²) in [5.74, 6) is -0.257. The number of cyclic esters (lactones) is 1. The third-order valence-electron chi connectivity index (χ3n) is 7.52. The molecule has 1 saturated heterocycles. The number of hydrogen-bond acceptors (Lipinski definition) is 3. The molecule has 36 heavy (non-hydrogen) atoms. The van der Waals surface area contributed by atoms with Gasteiger partial charge in [-0.2, -0.15) is 0 Å². The molecule has 5 aromatic rings. The number of imide groups is 1. The van der Waals surface area contributed by atoms with Crippen LogP contribution in [0.25, 0.3) is 21.8 Å². The van der Waals surface area contributed by atoms with E-state index < -0.39 is 17.2 Å². The van der Waals surface area contributed by atoms with Crippen LogP contribution in [0.1, 0.15) is 37.0 Å². The quantitative estimate of drug-likeness (QED) is 0.313. The third-order valence-corrected chi connectivity index (χ3v) is 7.52. The number of amides is 2. The van der Waals surface area contributed by atoms with Gasteiger partial charge in [-0.05, 0) is 38.0 Å². The molecule has 1 aliphatic heterocycles. The van der Waals surface area contributed by atoms with Crippen LogP contribution in [0.2, 0.25) is 0 Å². The van der Waals surface area contributed by atoms with Crippen molar-refractivity contribution in [3.05, 3.63) is 108 Å². The summed E-state index contributed by atoms with van der Waals surface area (Å²) in [6, 6.07) is 25.6. The summed E-state index contributed by atoms with van der Waals surface area (Å²) >= 11 is 0. The molecule has 6 nitrogen and oxygen atoms in total. The maximum absolute atomic E-state index is 13.7. The minimum absolute atomic E-state index is 0.194. The van der Waals surface area contributed by atoms with Crippen LogP contribution in [0.5, 0.6) is 0 Å². The van der Waals surface area contributed by atoms with Crippen molar-refractivity contribution in [3.63, 3.8) is 0 Å². The Balaban J connectivity index is 1.41. The van der Waals surface area contributed by atoms with Crippen molar-refractivity contribution in [1.29, 1.82) is 0 Å². The van der Waals surface area contributed by atoms with Crippen LogP contribution >= 0.6 is 0 Å². The van der Waals surface area contributed by atoms with E-state index in [9.17, 15) is 9.59 Å². The molecule has 0 unspecified atom stereocenters. The number of rotatable bonds is 5. The van der Waals surface area contributed by atoms with Gasteiger partial charge in [-0.3, -0.25) is 4.79 Å². The SMILES string of the molecule is CC1(C)N(C(=O)CCc2c[nH]c3ccccc23)C(=O)O[C@]1(c1ccccc1)c1c[nH]c2ccccc12. The van der Waals surface area contributed by atoms with Gasteiger partial charge < -0.3 is 14.7 Å². The molecule has 0 radical (unpaired) electrons. The van der Waals surface area contributed by atoms with Gasteiger partial charge in [-0.1, -0.05) is 66.7 Å². The Kier molecular flexibility index (Phi) is 5.00.